The van der Waals surface area contributed by atoms with E-state index in [0.29, 0.717) is 22.3 Å². The van der Waals surface area contributed by atoms with Crippen LogP contribution in [0.4, 0.5) is 16.5 Å². The quantitative estimate of drug-likeness (QED) is 0.604. The van der Waals surface area contributed by atoms with Gasteiger partial charge in [0.1, 0.15) is 11.5 Å². The van der Waals surface area contributed by atoms with Gasteiger partial charge in [-0.3, -0.25) is 4.79 Å². The van der Waals surface area contributed by atoms with Crippen molar-refractivity contribution in [2.45, 2.75) is 20.3 Å². The van der Waals surface area contributed by atoms with Gasteiger partial charge in [-0.2, -0.15) is 0 Å². The van der Waals surface area contributed by atoms with Crippen molar-refractivity contribution in [2.24, 2.45) is 0 Å². The number of nitrogens with one attached hydrogen (secondary N) is 2. The Bertz CT molecular complexity index is 965. The Kier molecular flexibility index (Phi) is 6.16. The molecule has 0 unspecified atom stereocenters. The van der Waals surface area contributed by atoms with E-state index in [0.717, 1.165) is 22.5 Å². The normalized spacial score (nSPS) is 10.4. The predicted octanol–water partition coefficient (Wildman–Crippen LogP) is 4.70. The van der Waals surface area contributed by atoms with Crippen molar-refractivity contribution in [1.82, 2.24) is 4.98 Å². The third-order valence-electron chi connectivity index (χ3n) is 4.05. The van der Waals surface area contributed by atoms with E-state index in [1.54, 1.807) is 14.2 Å². The maximum atomic E-state index is 12.4. The van der Waals surface area contributed by atoms with Crippen molar-refractivity contribution >= 4 is 33.8 Å². The molecular formula is C21H23N3O3S. The number of aryl methyl sites for hydroxylation is 2. The number of carbonyl (C=O) groups is 1. The first kappa shape index (κ1) is 19.7. The zero-order chi connectivity index (χ0) is 20.1. The molecule has 0 aliphatic rings. The molecule has 1 amide bonds. The van der Waals surface area contributed by atoms with Crippen molar-refractivity contribution in [2.75, 3.05) is 24.9 Å². The highest BCUT2D eigenvalue weighted by Crippen LogP contribution is 2.32. The summed E-state index contributed by atoms with van der Waals surface area (Å²) < 4.78 is 10.6. The SMILES string of the molecule is COc1ccc(OC)c(Nc2nc(CC(=O)Nc3cc(C)cc(C)c3)cs2)c1. The molecule has 1 aromatic heterocycles. The summed E-state index contributed by atoms with van der Waals surface area (Å²) in [6.07, 6.45) is 0.209. The third-order valence-corrected chi connectivity index (χ3v) is 4.85. The van der Waals surface area contributed by atoms with Gasteiger partial charge in [-0.05, 0) is 49.2 Å². The van der Waals surface area contributed by atoms with Gasteiger partial charge in [0.05, 0.1) is 32.0 Å². The lowest BCUT2D eigenvalue weighted by Gasteiger charge is -2.10. The number of hydrogen-bond acceptors (Lipinski definition) is 6. The number of hydrogen-bond donors (Lipinski definition) is 2. The summed E-state index contributed by atoms with van der Waals surface area (Å²) in [5, 5.41) is 8.71. The molecule has 3 aromatic rings. The minimum absolute atomic E-state index is 0.0965. The Morgan fingerprint density at radius 1 is 1.07 bits per heavy atom. The predicted molar refractivity (Wildman–Crippen MR) is 113 cm³/mol. The maximum Gasteiger partial charge on any atom is 0.230 e. The summed E-state index contributed by atoms with van der Waals surface area (Å²) in [5.41, 5.74) is 4.49. The number of nitrogens with zero attached hydrogens (tertiary/aromatic N) is 1. The van der Waals surface area contributed by atoms with Gasteiger partial charge in [0.15, 0.2) is 5.13 Å². The van der Waals surface area contributed by atoms with Crippen molar-refractivity contribution in [1.29, 1.82) is 0 Å². The average molecular weight is 398 g/mol. The molecule has 146 valence electrons. The van der Waals surface area contributed by atoms with Crippen LogP contribution >= 0.6 is 11.3 Å². The van der Waals surface area contributed by atoms with Crippen LogP contribution in [0.1, 0.15) is 16.8 Å². The molecule has 1 heterocycles. The summed E-state index contributed by atoms with van der Waals surface area (Å²) in [5.74, 6) is 1.30. The van der Waals surface area contributed by atoms with E-state index in [2.05, 4.69) is 21.7 Å². The van der Waals surface area contributed by atoms with E-state index in [1.807, 2.05) is 49.6 Å². The molecule has 6 nitrogen and oxygen atoms in total. The molecule has 0 aliphatic heterocycles. The number of aromatic nitrogens is 1. The minimum atomic E-state index is -0.0965. The van der Waals surface area contributed by atoms with Crippen LogP contribution in [0.25, 0.3) is 0 Å². The molecule has 7 heteroatoms. The largest absolute Gasteiger partial charge is 0.497 e. The highest BCUT2D eigenvalue weighted by Gasteiger charge is 2.11. The Hall–Kier alpha value is -3.06. The second-order valence-corrected chi connectivity index (χ2v) is 7.29. The third kappa shape index (κ3) is 5.01. The lowest BCUT2D eigenvalue weighted by atomic mass is 10.1. The molecule has 0 saturated carbocycles. The molecular weight excluding hydrogens is 374 g/mol. The summed E-state index contributed by atoms with van der Waals surface area (Å²) in [6, 6.07) is 11.5. The van der Waals surface area contributed by atoms with Crippen LogP contribution < -0.4 is 20.1 Å². The molecule has 0 bridgehead atoms. The van der Waals surface area contributed by atoms with E-state index in [9.17, 15) is 4.79 Å². The molecule has 0 fully saturated rings. The summed E-state index contributed by atoms with van der Waals surface area (Å²) >= 11 is 1.43. The molecule has 2 aromatic carbocycles. The number of amides is 1. The first-order valence-electron chi connectivity index (χ1n) is 8.78. The number of methoxy groups -OCH3 is 2. The zero-order valence-corrected chi connectivity index (χ0v) is 17.1. The molecule has 0 spiro atoms. The number of rotatable bonds is 7. The molecule has 28 heavy (non-hydrogen) atoms. The standard InChI is InChI=1S/C21H23N3O3S/c1-13-7-14(2)9-15(8-13)22-20(25)10-16-12-28-21(23-16)24-18-11-17(26-3)5-6-19(18)27-4/h5-9,11-12H,10H2,1-4H3,(H,22,25)(H,23,24). The Morgan fingerprint density at radius 3 is 2.50 bits per heavy atom. The summed E-state index contributed by atoms with van der Waals surface area (Å²) in [4.78, 5) is 16.9. The van der Waals surface area contributed by atoms with E-state index in [-0.39, 0.29) is 12.3 Å². The monoisotopic (exact) mass is 397 g/mol. The summed E-state index contributed by atoms with van der Waals surface area (Å²) in [6.45, 7) is 4.02. The summed E-state index contributed by atoms with van der Waals surface area (Å²) in [7, 11) is 3.22. The van der Waals surface area contributed by atoms with Crippen LogP contribution in [0.5, 0.6) is 11.5 Å². The lowest BCUT2D eigenvalue weighted by Crippen LogP contribution is -2.14. The van der Waals surface area contributed by atoms with E-state index >= 15 is 0 Å². The van der Waals surface area contributed by atoms with Gasteiger partial charge >= 0.3 is 0 Å². The van der Waals surface area contributed by atoms with Gasteiger partial charge in [0.25, 0.3) is 0 Å². The fourth-order valence-electron chi connectivity index (χ4n) is 2.89. The number of carbonyl (C=O) groups excluding carboxylic acids is 1. The number of thiazole rings is 1. The van der Waals surface area contributed by atoms with Crippen molar-refractivity contribution < 1.29 is 14.3 Å². The van der Waals surface area contributed by atoms with Gasteiger partial charge in [-0.15, -0.1) is 11.3 Å². The smallest absolute Gasteiger partial charge is 0.230 e. The van der Waals surface area contributed by atoms with Gasteiger partial charge in [-0.1, -0.05) is 6.07 Å². The van der Waals surface area contributed by atoms with Crippen LogP contribution in [0.2, 0.25) is 0 Å². The Morgan fingerprint density at radius 2 is 1.82 bits per heavy atom. The van der Waals surface area contributed by atoms with Crippen molar-refractivity contribution in [3.63, 3.8) is 0 Å². The van der Waals surface area contributed by atoms with E-state index in [4.69, 9.17) is 9.47 Å². The second kappa shape index (κ2) is 8.75. The highest BCUT2D eigenvalue weighted by molar-refractivity contribution is 7.13. The molecule has 0 radical (unpaired) electrons. The molecule has 2 N–H and O–H groups in total. The highest BCUT2D eigenvalue weighted by atomic mass is 32.1. The van der Waals surface area contributed by atoms with Crippen LogP contribution in [0, 0.1) is 13.8 Å². The second-order valence-electron chi connectivity index (χ2n) is 6.44. The minimum Gasteiger partial charge on any atom is -0.497 e. The number of anilines is 3. The molecule has 3 rings (SSSR count). The molecule has 0 saturated heterocycles. The molecule has 0 aliphatic carbocycles. The van der Waals surface area contributed by atoms with Crippen molar-refractivity contribution in [3.8, 4) is 11.5 Å². The fourth-order valence-corrected chi connectivity index (χ4v) is 3.61. The van der Waals surface area contributed by atoms with Crippen molar-refractivity contribution in [3.05, 3.63) is 58.6 Å². The Labute approximate surface area is 168 Å². The van der Waals surface area contributed by atoms with Gasteiger partial charge in [0, 0.05) is 17.1 Å². The first-order chi connectivity index (χ1) is 13.5. The van der Waals surface area contributed by atoms with Gasteiger partial charge in [-0.25, -0.2) is 4.98 Å². The average Bonchev–Trinajstić information content (AvgIpc) is 3.07. The molecule has 0 atom stereocenters. The maximum absolute atomic E-state index is 12.4. The number of ether oxygens (including phenoxy) is 2. The fraction of sp³-hybridized carbons (Fsp3) is 0.238. The first-order valence-corrected chi connectivity index (χ1v) is 9.66. The zero-order valence-electron chi connectivity index (χ0n) is 16.3. The van der Waals surface area contributed by atoms with Crippen LogP contribution in [0.15, 0.2) is 41.8 Å². The lowest BCUT2D eigenvalue weighted by molar-refractivity contribution is -0.115. The van der Waals surface area contributed by atoms with Crippen LogP contribution in [0.3, 0.4) is 0 Å². The topological polar surface area (TPSA) is 72.5 Å². The van der Waals surface area contributed by atoms with E-state index < -0.39 is 0 Å². The van der Waals surface area contributed by atoms with Crippen LogP contribution in [-0.4, -0.2) is 25.1 Å². The van der Waals surface area contributed by atoms with Gasteiger partial charge in [0.2, 0.25) is 5.91 Å². The van der Waals surface area contributed by atoms with Gasteiger partial charge < -0.3 is 20.1 Å². The number of benzene rings is 2. The Balaban J connectivity index is 1.66. The van der Waals surface area contributed by atoms with E-state index in [1.165, 1.54) is 11.3 Å². The van der Waals surface area contributed by atoms with Crippen LogP contribution in [-0.2, 0) is 11.2 Å².